The number of nitrogens with zero attached hydrogens (tertiary/aromatic N) is 3. The summed E-state index contributed by atoms with van der Waals surface area (Å²) in [5.41, 5.74) is 1.02. The summed E-state index contributed by atoms with van der Waals surface area (Å²) in [7, 11) is 0. The van der Waals surface area contributed by atoms with Gasteiger partial charge in [-0.25, -0.2) is 4.98 Å². The summed E-state index contributed by atoms with van der Waals surface area (Å²) in [4.78, 5) is 20.0. The number of amides is 1. The highest BCUT2D eigenvalue weighted by molar-refractivity contribution is 7.15. The minimum Gasteiger partial charge on any atom is -0.337 e. The number of carbonyl (C=O) groups excluding carboxylic acids is 1. The van der Waals surface area contributed by atoms with Crippen LogP contribution in [0.3, 0.4) is 0 Å². The van der Waals surface area contributed by atoms with Crippen molar-refractivity contribution in [3.8, 4) is 11.3 Å². The van der Waals surface area contributed by atoms with Gasteiger partial charge in [0.15, 0.2) is 4.96 Å². The van der Waals surface area contributed by atoms with Gasteiger partial charge < -0.3 is 4.90 Å². The molecule has 0 bridgehead atoms. The third-order valence-electron chi connectivity index (χ3n) is 5.08. The summed E-state index contributed by atoms with van der Waals surface area (Å²) in [6.07, 6.45) is 2.91. The van der Waals surface area contributed by atoms with Crippen LogP contribution >= 0.6 is 11.3 Å². The van der Waals surface area contributed by atoms with Crippen LogP contribution < -0.4 is 0 Å². The highest BCUT2D eigenvalue weighted by atomic mass is 32.1. The summed E-state index contributed by atoms with van der Waals surface area (Å²) >= 11 is 1.36. The fourth-order valence-electron chi connectivity index (χ4n) is 3.52. The molecule has 8 heteroatoms. The van der Waals surface area contributed by atoms with Crippen molar-refractivity contribution in [2.45, 2.75) is 38.3 Å². The van der Waals surface area contributed by atoms with Gasteiger partial charge in [-0.1, -0.05) is 31.4 Å². The number of imidazole rings is 1. The number of aromatic nitrogens is 2. The fraction of sp³-hybridized carbons (Fsp3) is 0.400. The summed E-state index contributed by atoms with van der Waals surface area (Å²) in [5, 5.41) is 1.81. The van der Waals surface area contributed by atoms with Crippen molar-refractivity contribution in [1.82, 2.24) is 14.3 Å². The molecule has 0 atom stereocenters. The molecule has 28 heavy (non-hydrogen) atoms. The smallest absolute Gasteiger partial charge is 0.337 e. The van der Waals surface area contributed by atoms with Gasteiger partial charge in [-0.05, 0) is 25.0 Å². The van der Waals surface area contributed by atoms with Crippen molar-refractivity contribution in [1.29, 1.82) is 0 Å². The molecule has 1 aromatic carbocycles. The molecular weight excluding hydrogens is 387 g/mol. The minimum absolute atomic E-state index is 0.00970. The maximum atomic E-state index is 13.0. The lowest BCUT2D eigenvalue weighted by Gasteiger charge is -2.24. The Morgan fingerprint density at radius 2 is 1.64 bits per heavy atom. The Morgan fingerprint density at radius 1 is 1.00 bits per heavy atom. The predicted molar refractivity (Wildman–Crippen MR) is 102 cm³/mol. The van der Waals surface area contributed by atoms with E-state index in [0.717, 1.165) is 50.9 Å². The Hall–Kier alpha value is -2.35. The maximum absolute atomic E-state index is 13.0. The number of carbonyl (C=O) groups is 1. The first-order chi connectivity index (χ1) is 13.4. The summed E-state index contributed by atoms with van der Waals surface area (Å²) in [6, 6.07) is 4.92. The Kier molecular flexibility index (Phi) is 5.14. The predicted octanol–water partition coefficient (Wildman–Crippen LogP) is 5.49. The van der Waals surface area contributed by atoms with Crippen molar-refractivity contribution in [3.05, 3.63) is 47.1 Å². The van der Waals surface area contributed by atoms with Gasteiger partial charge in [0.25, 0.3) is 5.91 Å². The lowest BCUT2D eigenvalue weighted by molar-refractivity contribution is -0.137. The number of hydrogen-bond acceptors (Lipinski definition) is 3. The van der Waals surface area contributed by atoms with Crippen molar-refractivity contribution in [2.24, 2.45) is 0 Å². The highest BCUT2D eigenvalue weighted by Crippen LogP contribution is 2.31. The molecule has 0 aliphatic carbocycles. The number of alkyl halides is 3. The Balaban J connectivity index is 1.60. The van der Waals surface area contributed by atoms with E-state index in [1.54, 1.807) is 16.0 Å². The second-order valence-corrected chi connectivity index (χ2v) is 7.87. The van der Waals surface area contributed by atoms with Gasteiger partial charge in [-0.15, -0.1) is 11.3 Å². The monoisotopic (exact) mass is 407 g/mol. The lowest BCUT2D eigenvalue weighted by atomic mass is 10.1. The van der Waals surface area contributed by atoms with Crippen molar-refractivity contribution < 1.29 is 18.0 Å². The summed E-state index contributed by atoms with van der Waals surface area (Å²) < 4.78 is 40.0. The normalized spacial score (nSPS) is 16.2. The second kappa shape index (κ2) is 7.58. The molecule has 1 fully saturated rings. The fourth-order valence-corrected chi connectivity index (χ4v) is 4.37. The molecule has 148 valence electrons. The van der Waals surface area contributed by atoms with Gasteiger partial charge >= 0.3 is 6.18 Å². The van der Waals surface area contributed by atoms with E-state index in [0.29, 0.717) is 21.9 Å². The summed E-state index contributed by atoms with van der Waals surface area (Å²) in [6.45, 7) is 1.52. The largest absolute Gasteiger partial charge is 0.416 e. The van der Waals surface area contributed by atoms with Crippen LogP contribution in [0.15, 0.2) is 35.8 Å². The van der Waals surface area contributed by atoms with E-state index in [4.69, 9.17) is 0 Å². The van der Waals surface area contributed by atoms with E-state index in [-0.39, 0.29) is 5.91 Å². The average Bonchev–Trinajstić information content (AvgIpc) is 3.21. The SMILES string of the molecule is O=C(c1csc2nc(-c3ccc(C(F)(F)F)cc3)cn12)N1CCCCCCC1. The van der Waals surface area contributed by atoms with Crippen LogP contribution in [0.1, 0.15) is 48.2 Å². The molecule has 4 nitrogen and oxygen atoms in total. The standard InChI is InChI=1S/C20H20F3N3OS/c21-20(22,23)15-8-6-14(7-9-15)16-12-26-17(13-28-19(26)24-16)18(27)25-10-4-2-1-3-5-11-25/h6-9,12-13H,1-5,10-11H2. The van der Waals surface area contributed by atoms with Gasteiger partial charge in [0.05, 0.1) is 11.3 Å². The second-order valence-electron chi connectivity index (χ2n) is 7.03. The summed E-state index contributed by atoms with van der Waals surface area (Å²) in [5.74, 6) is -0.00970. The molecule has 1 aliphatic rings. The molecule has 1 saturated heterocycles. The van der Waals surface area contributed by atoms with Crippen LogP contribution in [0.2, 0.25) is 0 Å². The van der Waals surface area contributed by atoms with E-state index in [9.17, 15) is 18.0 Å². The molecule has 0 radical (unpaired) electrons. The molecule has 3 aromatic rings. The zero-order valence-electron chi connectivity index (χ0n) is 15.2. The van der Waals surface area contributed by atoms with Crippen molar-refractivity contribution >= 4 is 22.2 Å². The first-order valence-corrected chi connectivity index (χ1v) is 10.2. The minimum atomic E-state index is -4.36. The third-order valence-corrected chi connectivity index (χ3v) is 5.92. The number of rotatable bonds is 2. The molecule has 0 N–H and O–H groups in total. The van der Waals surface area contributed by atoms with Crippen molar-refractivity contribution in [2.75, 3.05) is 13.1 Å². The molecular formula is C20H20F3N3OS. The van der Waals surface area contributed by atoms with Crippen LogP contribution in [0.5, 0.6) is 0 Å². The number of thiazole rings is 1. The third kappa shape index (κ3) is 3.78. The number of hydrogen-bond donors (Lipinski definition) is 0. The number of fused-ring (bicyclic) bond motifs is 1. The van der Waals surface area contributed by atoms with E-state index in [1.807, 2.05) is 4.90 Å². The van der Waals surface area contributed by atoms with E-state index < -0.39 is 11.7 Å². The van der Waals surface area contributed by atoms with Gasteiger partial charge in [0.1, 0.15) is 5.69 Å². The maximum Gasteiger partial charge on any atom is 0.416 e. The number of likely N-dealkylation sites (tertiary alicyclic amines) is 1. The van der Waals surface area contributed by atoms with Crippen molar-refractivity contribution in [3.63, 3.8) is 0 Å². The molecule has 0 spiro atoms. The molecule has 2 aromatic heterocycles. The Bertz CT molecular complexity index is 967. The molecule has 3 heterocycles. The zero-order valence-corrected chi connectivity index (χ0v) is 16.0. The van der Waals surface area contributed by atoms with Gasteiger partial charge in [-0.2, -0.15) is 13.2 Å². The van der Waals surface area contributed by atoms with E-state index >= 15 is 0 Å². The Morgan fingerprint density at radius 3 is 2.29 bits per heavy atom. The van der Waals surface area contributed by atoms with Crippen LogP contribution in [-0.2, 0) is 6.18 Å². The topological polar surface area (TPSA) is 37.6 Å². The molecule has 1 amide bonds. The van der Waals surface area contributed by atoms with Crippen LogP contribution in [-0.4, -0.2) is 33.3 Å². The molecule has 4 rings (SSSR count). The van der Waals surface area contributed by atoms with Gasteiger partial charge in [0.2, 0.25) is 0 Å². The van der Waals surface area contributed by atoms with E-state index in [2.05, 4.69) is 4.98 Å². The first kappa shape index (κ1) is 19.0. The molecule has 0 saturated carbocycles. The van der Waals surface area contributed by atoms with Crippen LogP contribution in [0.25, 0.3) is 16.2 Å². The number of halogens is 3. The van der Waals surface area contributed by atoms with Crippen LogP contribution in [0, 0.1) is 0 Å². The van der Waals surface area contributed by atoms with Gasteiger partial charge in [-0.3, -0.25) is 9.20 Å². The lowest BCUT2D eigenvalue weighted by Crippen LogP contribution is -2.34. The molecule has 0 unspecified atom stereocenters. The Labute approximate surface area is 164 Å². The van der Waals surface area contributed by atoms with Gasteiger partial charge in [0, 0.05) is 30.2 Å². The van der Waals surface area contributed by atoms with E-state index in [1.165, 1.54) is 29.9 Å². The zero-order chi connectivity index (χ0) is 19.7. The molecule has 1 aliphatic heterocycles. The first-order valence-electron chi connectivity index (χ1n) is 9.37. The quantitative estimate of drug-likeness (QED) is 0.564. The highest BCUT2D eigenvalue weighted by Gasteiger charge is 2.30. The number of benzene rings is 1. The average molecular weight is 407 g/mol. The van der Waals surface area contributed by atoms with Crippen LogP contribution in [0.4, 0.5) is 13.2 Å².